The van der Waals surface area contributed by atoms with Gasteiger partial charge in [0.15, 0.2) is 0 Å². The quantitative estimate of drug-likeness (QED) is 0.508. The van der Waals surface area contributed by atoms with Crippen molar-refractivity contribution in [2.75, 3.05) is 0 Å². The molecule has 0 unspecified atom stereocenters. The Morgan fingerprint density at radius 1 is 0.963 bits per heavy atom. The molecule has 0 aromatic heterocycles. The molecule has 0 nitrogen and oxygen atoms in total. The highest BCUT2D eigenvalue weighted by molar-refractivity contribution is 5.42. The molecule has 0 aliphatic heterocycles. The van der Waals surface area contributed by atoms with Gasteiger partial charge in [-0.1, -0.05) is 67.1 Å². The summed E-state index contributed by atoms with van der Waals surface area (Å²) in [7, 11) is 0. The molecule has 2 aliphatic rings. The van der Waals surface area contributed by atoms with Crippen molar-refractivity contribution in [3.63, 3.8) is 0 Å². The van der Waals surface area contributed by atoms with Gasteiger partial charge in [-0.3, -0.25) is 0 Å². The lowest BCUT2D eigenvalue weighted by molar-refractivity contribution is 0.550. The molecule has 2 aromatic carbocycles. The Labute approximate surface area is 165 Å². The summed E-state index contributed by atoms with van der Waals surface area (Å²) in [6.45, 7) is 6.76. The average Bonchev–Trinajstić information content (AvgIpc) is 2.69. The van der Waals surface area contributed by atoms with Crippen LogP contribution in [0.2, 0.25) is 0 Å². The number of hydrogen-bond acceptors (Lipinski definition) is 0. The Morgan fingerprint density at radius 2 is 1.81 bits per heavy atom. The Bertz CT molecular complexity index is 881. The van der Waals surface area contributed by atoms with Crippen LogP contribution in [0.15, 0.2) is 60.2 Å². The van der Waals surface area contributed by atoms with Crippen LogP contribution in [0.5, 0.6) is 0 Å². The first-order chi connectivity index (χ1) is 13.1. The highest BCUT2D eigenvalue weighted by Gasteiger charge is 2.21. The molecular formula is C27H32. The third-order valence-electron chi connectivity index (χ3n) is 6.49. The molecule has 0 saturated heterocycles. The molecule has 2 aromatic rings. The van der Waals surface area contributed by atoms with E-state index >= 15 is 0 Å². The van der Waals surface area contributed by atoms with Gasteiger partial charge in [0, 0.05) is 5.92 Å². The first kappa shape index (κ1) is 18.3. The van der Waals surface area contributed by atoms with Crippen molar-refractivity contribution < 1.29 is 0 Å². The van der Waals surface area contributed by atoms with Gasteiger partial charge in [0.2, 0.25) is 0 Å². The molecule has 2 aliphatic carbocycles. The maximum absolute atomic E-state index is 2.48. The van der Waals surface area contributed by atoms with Crippen molar-refractivity contribution in [2.45, 2.75) is 71.1 Å². The van der Waals surface area contributed by atoms with Crippen LogP contribution in [0.25, 0.3) is 0 Å². The molecule has 27 heavy (non-hydrogen) atoms. The lowest BCUT2D eigenvalue weighted by Crippen LogP contribution is -2.13. The molecule has 0 saturated carbocycles. The predicted molar refractivity (Wildman–Crippen MR) is 117 cm³/mol. The third-order valence-corrected chi connectivity index (χ3v) is 6.49. The van der Waals surface area contributed by atoms with E-state index in [1.807, 2.05) is 0 Å². The van der Waals surface area contributed by atoms with Gasteiger partial charge in [0.1, 0.15) is 0 Å². The second-order valence-corrected chi connectivity index (χ2v) is 8.54. The van der Waals surface area contributed by atoms with E-state index in [1.54, 1.807) is 11.1 Å². The average molecular weight is 357 g/mol. The minimum atomic E-state index is 0.449. The molecule has 140 valence electrons. The summed E-state index contributed by atoms with van der Waals surface area (Å²) in [5, 5.41) is 0. The summed E-state index contributed by atoms with van der Waals surface area (Å²) in [5.41, 5.74) is 10.6. The molecule has 0 radical (unpaired) electrons. The monoisotopic (exact) mass is 356 g/mol. The summed E-state index contributed by atoms with van der Waals surface area (Å²) in [6.07, 6.45) is 14.5. The second kappa shape index (κ2) is 7.89. The zero-order chi connectivity index (χ0) is 18.8. The molecule has 0 amide bonds. The molecule has 0 bridgehead atoms. The predicted octanol–water partition coefficient (Wildman–Crippen LogP) is 7.21. The number of rotatable bonds is 4. The van der Waals surface area contributed by atoms with Crippen molar-refractivity contribution >= 4 is 0 Å². The van der Waals surface area contributed by atoms with E-state index in [4.69, 9.17) is 0 Å². The standard InChI is InChI=1S/C27H32/c1-4-21-13-14-26-24(16-21)9-6-10-25(26)17-22-12-11-20(3)27(18-22)23-8-5-7-19(2)15-23/h5,8,11-16,18,23,25H,4,6-7,9-10,17H2,1-3H3/t23-,25-/m1/s1. The van der Waals surface area contributed by atoms with Gasteiger partial charge in [-0.15, -0.1) is 0 Å². The number of aryl methyl sites for hydroxylation is 3. The maximum Gasteiger partial charge on any atom is 0.0204 e. The minimum Gasteiger partial charge on any atom is -0.0836 e. The van der Waals surface area contributed by atoms with E-state index in [0.717, 1.165) is 12.8 Å². The third kappa shape index (κ3) is 3.95. The SMILES string of the molecule is CCc1ccc2c(c1)CCC[C@@H]2Cc1ccc(C)c([C@@H]2C=CCC(C)=C2)c1. The number of hydrogen-bond donors (Lipinski definition) is 0. The van der Waals surface area contributed by atoms with E-state index in [2.05, 4.69) is 75.4 Å². The fraction of sp³-hybridized carbons (Fsp3) is 0.407. The van der Waals surface area contributed by atoms with Crippen molar-refractivity contribution in [3.8, 4) is 0 Å². The normalized spacial score (nSPS) is 21.7. The number of allylic oxidation sites excluding steroid dienone is 4. The molecule has 2 atom stereocenters. The van der Waals surface area contributed by atoms with E-state index in [9.17, 15) is 0 Å². The molecule has 0 N–H and O–H groups in total. The van der Waals surface area contributed by atoms with Crippen molar-refractivity contribution in [3.05, 3.63) is 93.6 Å². The zero-order valence-corrected chi connectivity index (χ0v) is 17.1. The van der Waals surface area contributed by atoms with Gasteiger partial charge in [-0.2, -0.15) is 0 Å². The molecule has 0 heteroatoms. The van der Waals surface area contributed by atoms with Gasteiger partial charge in [0.25, 0.3) is 0 Å². The summed E-state index contributed by atoms with van der Waals surface area (Å²) in [5.74, 6) is 1.12. The van der Waals surface area contributed by atoms with E-state index < -0.39 is 0 Å². The fourth-order valence-electron chi connectivity index (χ4n) is 4.88. The summed E-state index contributed by atoms with van der Waals surface area (Å²) >= 11 is 0. The summed E-state index contributed by atoms with van der Waals surface area (Å²) in [4.78, 5) is 0. The largest absolute Gasteiger partial charge is 0.0836 e. The van der Waals surface area contributed by atoms with Crippen LogP contribution in [0.1, 0.15) is 78.3 Å². The van der Waals surface area contributed by atoms with Crippen LogP contribution >= 0.6 is 0 Å². The molecular weight excluding hydrogens is 324 g/mol. The lowest BCUT2D eigenvalue weighted by Gasteiger charge is -2.27. The molecule has 0 fully saturated rings. The Kier molecular flexibility index (Phi) is 5.34. The summed E-state index contributed by atoms with van der Waals surface area (Å²) < 4.78 is 0. The van der Waals surface area contributed by atoms with Crippen molar-refractivity contribution in [2.24, 2.45) is 0 Å². The van der Waals surface area contributed by atoms with Gasteiger partial charge >= 0.3 is 0 Å². The number of benzene rings is 2. The van der Waals surface area contributed by atoms with Gasteiger partial charge < -0.3 is 0 Å². The fourth-order valence-corrected chi connectivity index (χ4v) is 4.88. The van der Waals surface area contributed by atoms with Crippen LogP contribution in [0.4, 0.5) is 0 Å². The van der Waals surface area contributed by atoms with Gasteiger partial charge in [0.05, 0.1) is 0 Å². The number of fused-ring (bicyclic) bond motifs is 1. The van der Waals surface area contributed by atoms with Crippen LogP contribution in [-0.2, 0) is 19.3 Å². The topological polar surface area (TPSA) is 0 Å². The Balaban J connectivity index is 1.60. The first-order valence-corrected chi connectivity index (χ1v) is 10.7. The van der Waals surface area contributed by atoms with E-state index in [0.29, 0.717) is 11.8 Å². The van der Waals surface area contributed by atoms with Crippen LogP contribution in [-0.4, -0.2) is 0 Å². The summed E-state index contributed by atoms with van der Waals surface area (Å²) in [6, 6.07) is 14.4. The Hall–Kier alpha value is -2.08. The molecule has 4 rings (SSSR count). The highest BCUT2D eigenvalue weighted by atomic mass is 14.3. The van der Waals surface area contributed by atoms with Crippen molar-refractivity contribution in [1.29, 1.82) is 0 Å². The van der Waals surface area contributed by atoms with Gasteiger partial charge in [-0.25, -0.2) is 0 Å². The molecule has 0 heterocycles. The second-order valence-electron chi connectivity index (χ2n) is 8.54. The van der Waals surface area contributed by atoms with Gasteiger partial charge in [-0.05, 0) is 91.7 Å². The first-order valence-electron chi connectivity index (χ1n) is 10.7. The van der Waals surface area contributed by atoms with Crippen LogP contribution < -0.4 is 0 Å². The van der Waals surface area contributed by atoms with E-state index in [-0.39, 0.29) is 0 Å². The maximum atomic E-state index is 2.48. The smallest absolute Gasteiger partial charge is 0.0204 e. The zero-order valence-electron chi connectivity index (χ0n) is 17.1. The minimum absolute atomic E-state index is 0.449. The Morgan fingerprint density at radius 3 is 2.63 bits per heavy atom. The molecule has 0 spiro atoms. The van der Waals surface area contributed by atoms with Crippen LogP contribution in [0.3, 0.4) is 0 Å². The van der Waals surface area contributed by atoms with Crippen molar-refractivity contribution in [1.82, 2.24) is 0 Å². The highest BCUT2D eigenvalue weighted by Crippen LogP contribution is 2.36. The van der Waals surface area contributed by atoms with Crippen LogP contribution in [0, 0.1) is 6.92 Å². The lowest BCUT2D eigenvalue weighted by atomic mass is 9.78. The van der Waals surface area contributed by atoms with E-state index in [1.165, 1.54) is 53.5 Å².